The number of carbonyl (C=O) groups excluding carboxylic acids is 2. The molecule has 62 heavy (non-hydrogen) atoms. The summed E-state index contributed by atoms with van der Waals surface area (Å²) in [5, 5.41) is 22.9. The van der Waals surface area contributed by atoms with Gasteiger partial charge in [0.05, 0.1) is 25.4 Å². The molecule has 6 nitrogen and oxygen atoms in total. The zero-order valence-electron chi connectivity index (χ0n) is 41.6. The van der Waals surface area contributed by atoms with Crippen molar-refractivity contribution in [3.63, 3.8) is 0 Å². The number of rotatable bonds is 51. The molecule has 2 atom stereocenters. The number of allylic oxidation sites excluding steroid dienone is 3. The van der Waals surface area contributed by atoms with E-state index in [9.17, 15) is 19.8 Å². The number of aliphatic hydroxyl groups is 2. The van der Waals surface area contributed by atoms with Crippen molar-refractivity contribution in [3.05, 3.63) is 24.3 Å². The normalized spacial score (nSPS) is 12.8. The van der Waals surface area contributed by atoms with E-state index in [0.717, 1.165) is 44.9 Å². The molecule has 3 N–H and O–H groups in total. The summed E-state index contributed by atoms with van der Waals surface area (Å²) in [7, 11) is 0. The first-order valence-corrected chi connectivity index (χ1v) is 27.6. The van der Waals surface area contributed by atoms with Crippen LogP contribution in [0.25, 0.3) is 0 Å². The van der Waals surface area contributed by atoms with Crippen molar-refractivity contribution in [1.82, 2.24) is 5.32 Å². The van der Waals surface area contributed by atoms with Crippen LogP contribution in [0, 0.1) is 0 Å². The fourth-order valence-corrected chi connectivity index (χ4v) is 8.45. The van der Waals surface area contributed by atoms with Crippen molar-refractivity contribution in [2.24, 2.45) is 0 Å². The predicted molar refractivity (Wildman–Crippen MR) is 269 cm³/mol. The summed E-state index contributed by atoms with van der Waals surface area (Å²) in [4.78, 5) is 24.4. The summed E-state index contributed by atoms with van der Waals surface area (Å²) in [5.41, 5.74) is 0. The van der Waals surface area contributed by atoms with E-state index in [4.69, 9.17) is 4.74 Å². The molecule has 2 unspecified atom stereocenters. The molecule has 0 aromatic rings. The van der Waals surface area contributed by atoms with E-state index in [1.807, 2.05) is 6.08 Å². The summed E-state index contributed by atoms with van der Waals surface area (Å²) in [6.07, 6.45) is 62.0. The number of amides is 1. The minimum atomic E-state index is -0.846. The van der Waals surface area contributed by atoms with Gasteiger partial charge < -0.3 is 20.3 Å². The Morgan fingerprint density at radius 2 is 0.758 bits per heavy atom. The molecule has 0 saturated carbocycles. The molecule has 1 amide bonds. The van der Waals surface area contributed by atoms with Crippen LogP contribution in [-0.2, 0) is 14.3 Å². The van der Waals surface area contributed by atoms with Crippen LogP contribution in [0.4, 0.5) is 0 Å². The molecule has 0 saturated heterocycles. The van der Waals surface area contributed by atoms with Crippen LogP contribution in [0.3, 0.4) is 0 Å². The van der Waals surface area contributed by atoms with Crippen LogP contribution in [0.1, 0.15) is 296 Å². The molecule has 366 valence electrons. The topological polar surface area (TPSA) is 95.9 Å². The van der Waals surface area contributed by atoms with Crippen molar-refractivity contribution < 1.29 is 24.5 Å². The maximum absolute atomic E-state index is 12.4. The maximum atomic E-state index is 12.4. The monoisotopic (exact) mass is 874 g/mol. The summed E-state index contributed by atoms with van der Waals surface area (Å²) in [6, 6.07) is -0.630. The quantitative estimate of drug-likeness (QED) is 0.0321. The third-order valence-corrected chi connectivity index (χ3v) is 12.7. The Kier molecular flexibility index (Phi) is 50.6. The zero-order valence-corrected chi connectivity index (χ0v) is 41.6. The second-order valence-corrected chi connectivity index (χ2v) is 18.9. The molecule has 0 heterocycles. The molecule has 0 aliphatic heterocycles. The third-order valence-electron chi connectivity index (χ3n) is 12.7. The van der Waals surface area contributed by atoms with E-state index in [2.05, 4.69) is 31.3 Å². The van der Waals surface area contributed by atoms with E-state index in [0.29, 0.717) is 19.4 Å². The number of unbranched alkanes of at least 4 members (excludes halogenated alkanes) is 38. The molecule has 0 aromatic carbocycles. The van der Waals surface area contributed by atoms with Crippen molar-refractivity contribution in [2.75, 3.05) is 13.2 Å². The third kappa shape index (κ3) is 47.8. The summed E-state index contributed by atoms with van der Waals surface area (Å²) in [5.74, 6) is -0.0661. The largest absolute Gasteiger partial charge is 0.466 e. The van der Waals surface area contributed by atoms with Gasteiger partial charge in [0.2, 0.25) is 5.91 Å². The van der Waals surface area contributed by atoms with Gasteiger partial charge in [0.25, 0.3) is 0 Å². The van der Waals surface area contributed by atoms with E-state index < -0.39 is 12.1 Å². The van der Waals surface area contributed by atoms with Gasteiger partial charge in [-0.1, -0.05) is 250 Å². The van der Waals surface area contributed by atoms with Crippen molar-refractivity contribution in [1.29, 1.82) is 0 Å². The predicted octanol–water partition coefficient (Wildman–Crippen LogP) is 16.7. The molecule has 0 aliphatic rings. The molecule has 0 fully saturated rings. The van der Waals surface area contributed by atoms with Crippen LogP contribution in [-0.4, -0.2) is 47.4 Å². The molecule has 0 aliphatic carbocycles. The Morgan fingerprint density at radius 3 is 1.15 bits per heavy atom. The second kappa shape index (κ2) is 52.0. The minimum absolute atomic E-state index is 0.0106. The fourth-order valence-electron chi connectivity index (χ4n) is 8.45. The van der Waals surface area contributed by atoms with E-state index in [1.165, 1.54) is 225 Å². The Labute approximate surface area is 386 Å². The lowest BCUT2D eigenvalue weighted by Gasteiger charge is -2.20. The second-order valence-electron chi connectivity index (χ2n) is 18.9. The van der Waals surface area contributed by atoms with Crippen LogP contribution in [0.5, 0.6) is 0 Å². The first-order chi connectivity index (χ1) is 30.5. The number of ether oxygens (including phenoxy) is 1. The highest BCUT2D eigenvalue weighted by Crippen LogP contribution is 2.16. The van der Waals surface area contributed by atoms with Gasteiger partial charge in [0.15, 0.2) is 0 Å². The fraction of sp³-hybridized carbons (Fsp3) is 0.893. The molecule has 0 radical (unpaired) electrons. The van der Waals surface area contributed by atoms with Gasteiger partial charge in [0.1, 0.15) is 0 Å². The lowest BCUT2D eigenvalue weighted by molar-refractivity contribution is -0.143. The molecule has 6 heteroatoms. The Morgan fingerprint density at radius 1 is 0.435 bits per heavy atom. The van der Waals surface area contributed by atoms with Gasteiger partial charge in [-0.2, -0.15) is 0 Å². The van der Waals surface area contributed by atoms with Gasteiger partial charge in [-0.25, -0.2) is 0 Å². The summed E-state index contributed by atoms with van der Waals surface area (Å²) < 4.78 is 5.47. The number of nitrogens with one attached hydrogen (secondary N) is 1. The first-order valence-electron chi connectivity index (χ1n) is 27.6. The van der Waals surface area contributed by atoms with Gasteiger partial charge in [-0.05, 0) is 57.8 Å². The average molecular weight is 874 g/mol. The SMILES string of the molecule is CCCCCCCCCC/C=C/C(O)C(CO)NC(=O)CCCCCCCCC/C=C\CCCCCCCCCCCCCOC(=O)CCCCCCCCCCCCCCC. The number of carbonyl (C=O) groups is 2. The molecule has 0 bridgehead atoms. The molecule has 0 aromatic heterocycles. The van der Waals surface area contributed by atoms with Gasteiger partial charge in [-0.3, -0.25) is 9.59 Å². The first kappa shape index (κ1) is 60.3. The zero-order chi connectivity index (χ0) is 45.1. The van der Waals surface area contributed by atoms with Crippen molar-refractivity contribution in [2.45, 2.75) is 309 Å². The number of aliphatic hydroxyl groups excluding tert-OH is 2. The van der Waals surface area contributed by atoms with Crippen LogP contribution >= 0.6 is 0 Å². The highest BCUT2D eigenvalue weighted by Gasteiger charge is 2.18. The highest BCUT2D eigenvalue weighted by molar-refractivity contribution is 5.76. The highest BCUT2D eigenvalue weighted by atomic mass is 16.5. The van der Waals surface area contributed by atoms with E-state index in [-0.39, 0.29) is 18.5 Å². The average Bonchev–Trinajstić information content (AvgIpc) is 3.27. The van der Waals surface area contributed by atoms with E-state index >= 15 is 0 Å². The molecule has 0 rings (SSSR count). The number of hydrogen-bond donors (Lipinski definition) is 3. The minimum Gasteiger partial charge on any atom is -0.466 e. The van der Waals surface area contributed by atoms with Gasteiger partial charge in [0, 0.05) is 12.8 Å². The van der Waals surface area contributed by atoms with Crippen molar-refractivity contribution in [3.8, 4) is 0 Å². The lowest BCUT2D eigenvalue weighted by Crippen LogP contribution is -2.45. The number of hydrogen-bond acceptors (Lipinski definition) is 5. The number of esters is 1. The van der Waals surface area contributed by atoms with Crippen LogP contribution in [0.15, 0.2) is 24.3 Å². The smallest absolute Gasteiger partial charge is 0.305 e. The summed E-state index contributed by atoms with van der Waals surface area (Å²) in [6.45, 7) is 4.88. The van der Waals surface area contributed by atoms with Crippen molar-refractivity contribution >= 4 is 11.9 Å². The van der Waals surface area contributed by atoms with Gasteiger partial charge >= 0.3 is 5.97 Å². The summed E-state index contributed by atoms with van der Waals surface area (Å²) >= 11 is 0. The maximum Gasteiger partial charge on any atom is 0.305 e. The standard InChI is InChI=1S/C56H107NO5/c1-3-5-7-9-11-13-15-26-30-34-38-42-46-50-56(61)62-51-47-43-39-35-31-28-25-23-21-19-17-16-18-20-22-24-27-29-33-37-41-45-49-55(60)57-53(52-58)54(59)48-44-40-36-32-14-12-10-8-6-4-2/h18,20,44,48,53-54,58-59H,3-17,19,21-43,45-47,49-52H2,1-2H3,(H,57,60)/b20-18-,48-44+. The molecular weight excluding hydrogens is 767 g/mol. The Balaban J connectivity index is 3.41. The Hall–Kier alpha value is -1.66. The van der Waals surface area contributed by atoms with Gasteiger partial charge in [-0.15, -0.1) is 0 Å². The van der Waals surface area contributed by atoms with Crippen LogP contribution < -0.4 is 5.32 Å². The molecular formula is C56H107NO5. The lowest BCUT2D eigenvalue weighted by atomic mass is 10.0. The molecule has 0 spiro atoms. The van der Waals surface area contributed by atoms with E-state index in [1.54, 1.807) is 6.08 Å². The Bertz CT molecular complexity index is 966. The van der Waals surface area contributed by atoms with Crippen LogP contribution in [0.2, 0.25) is 0 Å².